The number of phenols is 1. The minimum Gasteiger partial charge on any atom is -0.506 e. The summed E-state index contributed by atoms with van der Waals surface area (Å²) in [6, 6.07) is 22.6. The van der Waals surface area contributed by atoms with Gasteiger partial charge >= 0.3 is 0 Å². The van der Waals surface area contributed by atoms with Crippen LogP contribution in [0.4, 0.5) is 5.69 Å². The summed E-state index contributed by atoms with van der Waals surface area (Å²) in [6.45, 7) is 0. The molecule has 0 aliphatic carbocycles. The summed E-state index contributed by atoms with van der Waals surface area (Å²) in [5.74, 6) is 0.544. The lowest BCUT2D eigenvalue weighted by Gasteiger charge is -2.19. The van der Waals surface area contributed by atoms with Gasteiger partial charge in [-0.1, -0.05) is 42.5 Å². The van der Waals surface area contributed by atoms with Crippen LogP contribution in [-0.4, -0.2) is 25.2 Å². The van der Waals surface area contributed by atoms with Crippen LogP contribution in [0, 0.1) is 0 Å². The molecule has 0 spiro atoms. The second kappa shape index (κ2) is 6.65. The topological polar surface area (TPSA) is 49.8 Å². The van der Waals surface area contributed by atoms with Crippen molar-refractivity contribution in [3.63, 3.8) is 0 Å². The lowest BCUT2D eigenvalue weighted by molar-refractivity contribution is 0.0990. The molecule has 0 saturated carbocycles. The maximum Gasteiger partial charge on any atom is 0.261 e. The summed E-state index contributed by atoms with van der Waals surface area (Å²) >= 11 is 0. The number of carbonyl (C=O) groups excluding carboxylic acids is 1. The van der Waals surface area contributed by atoms with Gasteiger partial charge in [-0.2, -0.15) is 0 Å². The number of benzene rings is 4. The SMILES string of the molecule is COc1ccc2cc(N(C)C(=O)c3ccc4ccccc4c3O)ccc2c1. The van der Waals surface area contributed by atoms with Crippen LogP contribution in [-0.2, 0) is 0 Å². The number of aromatic hydroxyl groups is 1. The van der Waals surface area contributed by atoms with Crippen LogP contribution >= 0.6 is 0 Å². The highest BCUT2D eigenvalue weighted by atomic mass is 16.5. The fourth-order valence-electron chi connectivity index (χ4n) is 3.27. The van der Waals surface area contributed by atoms with Crippen molar-refractivity contribution in [2.75, 3.05) is 19.1 Å². The molecule has 4 nitrogen and oxygen atoms in total. The largest absolute Gasteiger partial charge is 0.506 e. The molecule has 134 valence electrons. The molecule has 0 aliphatic heterocycles. The molecular formula is C23H19NO3. The monoisotopic (exact) mass is 357 g/mol. The van der Waals surface area contributed by atoms with Gasteiger partial charge in [0.1, 0.15) is 11.5 Å². The Morgan fingerprint density at radius 3 is 2.41 bits per heavy atom. The van der Waals surface area contributed by atoms with Gasteiger partial charge in [0.2, 0.25) is 0 Å². The summed E-state index contributed by atoms with van der Waals surface area (Å²) in [6.07, 6.45) is 0. The number of fused-ring (bicyclic) bond motifs is 2. The summed E-state index contributed by atoms with van der Waals surface area (Å²) in [5.41, 5.74) is 1.04. The van der Waals surface area contributed by atoms with E-state index in [2.05, 4.69) is 0 Å². The van der Waals surface area contributed by atoms with E-state index in [0.29, 0.717) is 5.39 Å². The predicted octanol–water partition coefficient (Wildman–Crippen LogP) is 4.98. The third-order valence-electron chi connectivity index (χ3n) is 4.85. The van der Waals surface area contributed by atoms with Gasteiger partial charge in [0.15, 0.2) is 0 Å². The van der Waals surface area contributed by atoms with Gasteiger partial charge in [0, 0.05) is 18.1 Å². The van der Waals surface area contributed by atoms with Gasteiger partial charge in [-0.15, -0.1) is 0 Å². The van der Waals surface area contributed by atoms with E-state index in [1.54, 1.807) is 25.1 Å². The number of methoxy groups -OCH3 is 1. The summed E-state index contributed by atoms with van der Waals surface area (Å²) in [5, 5.41) is 14.2. The van der Waals surface area contributed by atoms with Crippen molar-refractivity contribution in [1.29, 1.82) is 0 Å². The molecule has 0 aliphatic rings. The highest BCUT2D eigenvalue weighted by Crippen LogP contribution is 2.31. The van der Waals surface area contributed by atoms with Gasteiger partial charge in [0.25, 0.3) is 5.91 Å². The number of anilines is 1. The van der Waals surface area contributed by atoms with Gasteiger partial charge < -0.3 is 14.7 Å². The highest BCUT2D eigenvalue weighted by Gasteiger charge is 2.19. The molecule has 4 rings (SSSR count). The Morgan fingerprint density at radius 2 is 1.59 bits per heavy atom. The van der Waals surface area contributed by atoms with Crippen LogP contribution in [0.1, 0.15) is 10.4 Å². The smallest absolute Gasteiger partial charge is 0.261 e. The fourth-order valence-corrected chi connectivity index (χ4v) is 3.27. The Balaban J connectivity index is 1.72. The van der Waals surface area contributed by atoms with E-state index in [4.69, 9.17) is 4.74 Å². The lowest BCUT2D eigenvalue weighted by atomic mass is 10.0. The van der Waals surface area contributed by atoms with E-state index in [9.17, 15) is 9.90 Å². The molecule has 27 heavy (non-hydrogen) atoms. The van der Waals surface area contributed by atoms with Crippen LogP contribution in [0.3, 0.4) is 0 Å². The van der Waals surface area contributed by atoms with Crippen LogP contribution in [0.2, 0.25) is 0 Å². The Morgan fingerprint density at radius 1 is 0.889 bits per heavy atom. The van der Waals surface area contributed by atoms with E-state index >= 15 is 0 Å². The molecule has 0 fully saturated rings. The fraction of sp³-hybridized carbons (Fsp3) is 0.0870. The molecule has 1 N–H and O–H groups in total. The molecule has 4 aromatic rings. The first kappa shape index (κ1) is 16.9. The molecule has 0 saturated heterocycles. The van der Waals surface area contributed by atoms with Crippen molar-refractivity contribution in [2.24, 2.45) is 0 Å². The zero-order valence-electron chi connectivity index (χ0n) is 15.1. The van der Waals surface area contributed by atoms with Crippen molar-refractivity contribution < 1.29 is 14.6 Å². The van der Waals surface area contributed by atoms with E-state index in [-0.39, 0.29) is 17.2 Å². The first-order valence-electron chi connectivity index (χ1n) is 8.65. The van der Waals surface area contributed by atoms with E-state index < -0.39 is 0 Å². The summed E-state index contributed by atoms with van der Waals surface area (Å²) < 4.78 is 5.25. The minimum atomic E-state index is -0.258. The quantitative estimate of drug-likeness (QED) is 0.562. The third kappa shape index (κ3) is 2.95. The average Bonchev–Trinajstić information content (AvgIpc) is 2.72. The van der Waals surface area contributed by atoms with Crippen LogP contribution < -0.4 is 9.64 Å². The number of carbonyl (C=O) groups is 1. The van der Waals surface area contributed by atoms with Crippen molar-refractivity contribution in [2.45, 2.75) is 0 Å². The third-order valence-corrected chi connectivity index (χ3v) is 4.85. The van der Waals surface area contributed by atoms with Crippen molar-refractivity contribution in [3.05, 3.63) is 78.4 Å². The van der Waals surface area contributed by atoms with Crippen LogP contribution in [0.25, 0.3) is 21.5 Å². The number of hydrogen-bond donors (Lipinski definition) is 1. The first-order chi connectivity index (χ1) is 13.1. The number of ether oxygens (including phenoxy) is 1. The van der Waals surface area contributed by atoms with E-state index in [1.807, 2.05) is 66.7 Å². The Bertz CT molecular complexity index is 1170. The van der Waals surface area contributed by atoms with Crippen molar-refractivity contribution in [3.8, 4) is 11.5 Å². The molecule has 0 atom stereocenters. The molecule has 1 amide bonds. The molecule has 0 aromatic heterocycles. The van der Waals surface area contributed by atoms with Gasteiger partial charge in [-0.3, -0.25) is 4.79 Å². The molecule has 4 aromatic carbocycles. The van der Waals surface area contributed by atoms with E-state index in [1.165, 1.54) is 0 Å². The predicted molar refractivity (Wildman–Crippen MR) is 109 cm³/mol. The van der Waals surface area contributed by atoms with Crippen LogP contribution in [0.5, 0.6) is 11.5 Å². The van der Waals surface area contributed by atoms with Gasteiger partial charge in [-0.25, -0.2) is 0 Å². The standard InChI is InChI=1S/C23H19NO3/c1-24(18-10-7-17-14-19(27-2)11-8-16(17)13-18)23(26)21-12-9-15-5-3-4-6-20(15)22(21)25/h3-14,25H,1-2H3. The van der Waals surface area contributed by atoms with E-state index in [0.717, 1.165) is 27.6 Å². The lowest BCUT2D eigenvalue weighted by Crippen LogP contribution is -2.26. The maximum absolute atomic E-state index is 13.0. The molecule has 0 unspecified atom stereocenters. The average molecular weight is 357 g/mol. The van der Waals surface area contributed by atoms with Gasteiger partial charge in [0.05, 0.1) is 12.7 Å². The number of nitrogens with zero attached hydrogens (tertiary/aromatic N) is 1. The van der Waals surface area contributed by atoms with Crippen molar-refractivity contribution >= 4 is 33.1 Å². The van der Waals surface area contributed by atoms with Gasteiger partial charge in [-0.05, 0) is 46.5 Å². The molecule has 0 heterocycles. The second-order valence-electron chi connectivity index (χ2n) is 6.44. The Hall–Kier alpha value is -3.53. The summed E-state index contributed by atoms with van der Waals surface area (Å²) in [7, 11) is 3.35. The summed E-state index contributed by atoms with van der Waals surface area (Å²) in [4.78, 5) is 14.5. The van der Waals surface area contributed by atoms with Crippen molar-refractivity contribution in [1.82, 2.24) is 0 Å². The molecule has 4 heteroatoms. The number of hydrogen-bond acceptors (Lipinski definition) is 3. The zero-order chi connectivity index (χ0) is 19.0. The molecular weight excluding hydrogens is 338 g/mol. The number of phenolic OH excluding ortho intramolecular Hbond substituents is 1. The normalized spacial score (nSPS) is 10.9. The Kier molecular flexibility index (Phi) is 4.16. The minimum absolute atomic E-state index is 0.00970. The van der Waals surface area contributed by atoms with Crippen LogP contribution in [0.15, 0.2) is 72.8 Å². The molecule has 0 radical (unpaired) electrons. The molecule has 0 bridgehead atoms. The Labute approximate surface area is 157 Å². The number of amides is 1. The number of rotatable bonds is 3. The maximum atomic E-state index is 13.0. The first-order valence-corrected chi connectivity index (χ1v) is 8.65. The zero-order valence-corrected chi connectivity index (χ0v) is 15.1. The highest BCUT2D eigenvalue weighted by molar-refractivity contribution is 6.11. The second-order valence-corrected chi connectivity index (χ2v) is 6.44.